The molecule has 0 amide bonds. The topological polar surface area (TPSA) is 39.2 Å². The Labute approximate surface area is 75.6 Å². The highest BCUT2D eigenvalue weighted by Crippen LogP contribution is 2.13. The van der Waals surface area contributed by atoms with E-state index in [4.69, 9.17) is 0 Å². The third-order valence-corrected chi connectivity index (χ3v) is 1.44. The van der Waals surface area contributed by atoms with E-state index in [0.717, 1.165) is 0 Å². The summed E-state index contributed by atoms with van der Waals surface area (Å²) in [6, 6.07) is 4.93. The maximum Gasteiger partial charge on any atom is 0.302 e. The number of esters is 1. The van der Waals surface area contributed by atoms with E-state index in [1.165, 1.54) is 13.1 Å². The number of ether oxygens (including phenoxy) is 1. The van der Waals surface area contributed by atoms with E-state index in [1.54, 1.807) is 18.2 Å². The van der Waals surface area contributed by atoms with Gasteiger partial charge in [0.25, 0.3) is 0 Å². The summed E-state index contributed by atoms with van der Waals surface area (Å²) in [5.41, 5.74) is 0.281. The van der Waals surface area contributed by atoms with Gasteiger partial charge < -0.3 is 4.74 Å². The zero-order valence-electron chi connectivity index (χ0n) is 7.24. The van der Waals surface area contributed by atoms with Crippen LogP contribution in [-0.4, -0.2) is 17.6 Å². The maximum absolute atomic E-state index is 13.2. The number of hydrogen-bond donors (Lipinski definition) is 0. The minimum atomic E-state index is -1.34. The summed E-state index contributed by atoms with van der Waals surface area (Å²) in [6.07, 6.45) is 0.153. The molecular formula is C9H10FNO2. The first-order valence-electron chi connectivity index (χ1n) is 3.88. The average molecular weight is 183 g/mol. The van der Waals surface area contributed by atoms with Crippen molar-refractivity contribution >= 4 is 5.97 Å². The number of carbonyl (C=O) groups is 1. The molecule has 4 heteroatoms. The fourth-order valence-electron chi connectivity index (χ4n) is 0.837. The predicted molar refractivity (Wildman–Crippen MR) is 44.7 cm³/mol. The minimum Gasteiger partial charge on any atom is -0.462 e. The molecule has 70 valence electrons. The monoisotopic (exact) mass is 183 g/mol. The Hall–Kier alpha value is -1.45. The molecule has 0 bridgehead atoms. The van der Waals surface area contributed by atoms with Gasteiger partial charge >= 0.3 is 5.97 Å². The third-order valence-electron chi connectivity index (χ3n) is 1.44. The van der Waals surface area contributed by atoms with Crippen molar-refractivity contribution in [2.75, 3.05) is 6.61 Å². The third kappa shape index (κ3) is 3.19. The Balaban J connectivity index is 2.49. The van der Waals surface area contributed by atoms with Gasteiger partial charge in [0.2, 0.25) is 0 Å². The molecule has 13 heavy (non-hydrogen) atoms. The van der Waals surface area contributed by atoms with E-state index in [2.05, 4.69) is 9.72 Å². The van der Waals surface area contributed by atoms with E-state index in [0.29, 0.717) is 0 Å². The lowest BCUT2D eigenvalue weighted by atomic mass is 10.2. The highest BCUT2D eigenvalue weighted by Gasteiger charge is 2.11. The molecule has 0 spiro atoms. The number of hydrogen-bond acceptors (Lipinski definition) is 3. The molecule has 0 saturated heterocycles. The molecule has 0 fully saturated rings. The number of halogens is 1. The van der Waals surface area contributed by atoms with Crippen LogP contribution < -0.4 is 0 Å². The Morgan fingerprint density at radius 3 is 3.00 bits per heavy atom. The Morgan fingerprint density at radius 2 is 2.46 bits per heavy atom. The Bertz CT molecular complexity index is 276. The second-order valence-electron chi connectivity index (χ2n) is 2.52. The molecule has 1 aromatic heterocycles. The van der Waals surface area contributed by atoms with Gasteiger partial charge in [-0.3, -0.25) is 9.78 Å². The molecule has 0 aromatic carbocycles. The number of aromatic nitrogens is 1. The first-order chi connectivity index (χ1) is 6.20. The number of pyridine rings is 1. The maximum atomic E-state index is 13.2. The van der Waals surface area contributed by atoms with Crippen molar-refractivity contribution in [3.8, 4) is 0 Å². The Kier molecular flexibility index (Phi) is 3.37. The highest BCUT2D eigenvalue weighted by atomic mass is 19.1. The van der Waals surface area contributed by atoms with Crippen LogP contribution in [0.25, 0.3) is 0 Å². The van der Waals surface area contributed by atoms with Crippen LogP contribution in [0.2, 0.25) is 0 Å². The summed E-state index contributed by atoms with van der Waals surface area (Å²) in [6.45, 7) is 0.970. The summed E-state index contributed by atoms with van der Waals surface area (Å²) >= 11 is 0. The van der Waals surface area contributed by atoms with Crippen LogP contribution >= 0.6 is 0 Å². The van der Waals surface area contributed by atoms with Crippen LogP contribution in [0.1, 0.15) is 18.8 Å². The molecule has 0 N–H and O–H groups in total. The lowest BCUT2D eigenvalue weighted by Gasteiger charge is -2.06. The van der Waals surface area contributed by atoms with Crippen LogP contribution in [0.5, 0.6) is 0 Å². The molecule has 1 heterocycles. The second kappa shape index (κ2) is 4.54. The summed E-state index contributed by atoms with van der Waals surface area (Å²) in [5, 5.41) is 0. The van der Waals surface area contributed by atoms with E-state index >= 15 is 0 Å². The number of carbonyl (C=O) groups excluding carboxylic acids is 1. The Morgan fingerprint density at radius 1 is 1.69 bits per heavy atom. The van der Waals surface area contributed by atoms with E-state index in [-0.39, 0.29) is 12.3 Å². The fraction of sp³-hybridized carbons (Fsp3) is 0.333. The molecule has 0 saturated carbocycles. The molecule has 1 unspecified atom stereocenters. The first kappa shape index (κ1) is 9.64. The van der Waals surface area contributed by atoms with E-state index in [9.17, 15) is 9.18 Å². The molecule has 1 atom stereocenters. The zero-order valence-corrected chi connectivity index (χ0v) is 7.24. The molecule has 0 radical (unpaired) electrons. The van der Waals surface area contributed by atoms with Crippen molar-refractivity contribution in [1.82, 2.24) is 4.98 Å². The molecule has 0 aliphatic rings. The van der Waals surface area contributed by atoms with Crippen molar-refractivity contribution in [3.63, 3.8) is 0 Å². The van der Waals surface area contributed by atoms with Crippen LogP contribution in [0.3, 0.4) is 0 Å². The normalized spacial score (nSPS) is 12.2. The molecule has 0 aliphatic heterocycles. The second-order valence-corrected chi connectivity index (χ2v) is 2.52. The van der Waals surface area contributed by atoms with Gasteiger partial charge in [-0.1, -0.05) is 6.07 Å². The van der Waals surface area contributed by atoms with Gasteiger partial charge in [-0.15, -0.1) is 0 Å². The van der Waals surface area contributed by atoms with Gasteiger partial charge in [0.15, 0.2) is 6.17 Å². The first-order valence-corrected chi connectivity index (χ1v) is 3.88. The molecule has 1 rings (SSSR count). The lowest BCUT2D eigenvalue weighted by molar-refractivity contribution is -0.142. The summed E-state index contributed by atoms with van der Waals surface area (Å²) in [4.78, 5) is 14.2. The quantitative estimate of drug-likeness (QED) is 0.669. The number of nitrogens with zero attached hydrogens (tertiary/aromatic N) is 1. The number of alkyl halides is 1. The van der Waals surface area contributed by atoms with Crippen LogP contribution in [0, 0.1) is 0 Å². The SMILES string of the molecule is CC(=O)OCC(F)c1ccccn1. The van der Waals surface area contributed by atoms with Gasteiger partial charge in [0.1, 0.15) is 6.61 Å². The van der Waals surface area contributed by atoms with Crippen molar-refractivity contribution < 1.29 is 13.9 Å². The number of rotatable bonds is 3. The van der Waals surface area contributed by atoms with Crippen molar-refractivity contribution in [2.45, 2.75) is 13.1 Å². The van der Waals surface area contributed by atoms with Crippen LogP contribution in [-0.2, 0) is 9.53 Å². The molecule has 0 aliphatic carbocycles. The van der Waals surface area contributed by atoms with Crippen molar-refractivity contribution in [3.05, 3.63) is 30.1 Å². The van der Waals surface area contributed by atoms with Gasteiger partial charge in [-0.25, -0.2) is 4.39 Å². The van der Waals surface area contributed by atoms with E-state index < -0.39 is 12.1 Å². The van der Waals surface area contributed by atoms with Gasteiger partial charge in [-0.2, -0.15) is 0 Å². The van der Waals surface area contributed by atoms with Crippen molar-refractivity contribution in [1.29, 1.82) is 0 Å². The van der Waals surface area contributed by atoms with Crippen LogP contribution in [0.15, 0.2) is 24.4 Å². The summed E-state index contributed by atoms with van der Waals surface area (Å²) < 4.78 is 17.7. The molecular weight excluding hydrogens is 173 g/mol. The minimum absolute atomic E-state index is 0.271. The van der Waals surface area contributed by atoms with Crippen LogP contribution in [0.4, 0.5) is 4.39 Å². The fourth-order valence-corrected chi connectivity index (χ4v) is 0.837. The van der Waals surface area contributed by atoms with Crippen molar-refractivity contribution in [2.24, 2.45) is 0 Å². The van der Waals surface area contributed by atoms with Gasteiger partial charge in [-0.05, 0) is 12.1 Å². The highest BCUT2D eigenvalue weighted by molar-refractivity contribution is 5.65. The zero-order chi connectivity index (χ0) is 9.68. The molecule has 3 nitrogen and oxygen atoms in total. The smallest absolute Gasteiger partial charge is 0.302 e. The standard InChI is InChI=1S/C9H10FNO2/c1-7(12)13-6-8(10)9-4-2-3-5-11-9/h2-5,8H,6H2,1H3. The largest absolute Gasteiger partial charge is 0.462 e. The summed E-state index contributed by atoms with van der Waals surface area (Å²) in [7, 11) is 0. The lowest BCUT2D eigenvalue weighted by Crippen LogP contribution is -2.07. The predicted octanol–water partition coefficient (Wildman–Crippen LogP) is 1.66. The average Bonchev–Trinajstić information content (AvgIpc) is 2.15. The molecule has 1 aromatic rings. The van der Waals surface area contributed by atoms with Gasteiger partial charge in [0.05, 0.1) is 5.69 Å². The van der Waals surface area contributed by atoms with Gasteiger partial charge in [0, 0.05) is 13.1 Å². The van der Waals surface area contributed by atoms with E-state index in [1.807, 2.05) is 0 Å². The summed E-state index contributed by atoms with van der Waals surface area (Å²) in [5.74, 6) is -0.487.